The fourth-order valence-electron chi connectivity index (χ4n) is 6.93. The number of benzene rings is 1. The van der Waals surface area contributed by atoms with Crippen LogP contribution in [0.5, 0.6) is 0 Å². The van der Waals surface area contributed by atoms with Gasteiger partial charge in [-0.1, -0.05) is 42.5 Å². The zero-order chi connectivity index (χ0) is 38.6. The molecule has 6 rings (SSSR count). The van der Waals surface area contributed by atoms with Crippen molar-refractivity contribution in [3.8, 4) is 0 Å². The molecule has 2 aromatic heterocycles. The summed E-state index contributed by atoms with van der Waals surface area (Å²) in [5.74, 6) is 0.243. The van der Waals surface area contributed by atoms with Crippen molar-refractivity contribution in [1.82, 2.24) is 30.4 Å². The average Bonchev–Trinajstić information content (AvgIpc) is 3.22. The lowest BCUT2D eigenvalue weighted by atomic mass is 9.96. The van der Waals surface area contributed by atoms with E-state index >= 15 is 0 Å². The zero-order valence-corrected chi connectivity index (χ0v) is 30.8. The van der Waals surface area contributed by atoms with Gasteiger partial charge in [-0.05, 0) is 54.5 Å². The van der Waals surface area contributed by atoms with E-state index in [1.807, 2.05) is 42.5 Å². The van der Waals surface area contributed by atoms with Gasteiger partial charge < -0.3 is 50.8 Å². The van der Waals surface area contributed by atoms with E-state index in [4.69, 9.17) is 30.4 Å². The van der Waals surface area contributed by atoms with E-state index in [9.17, 15) is 19.2 Å². The second-order valence-electron chi connectivity index (χ2n) is 14.1. The number of nitrogens with one attached hydrogen (secondary N) is 2. The minimum absolute atomic E-state index is 0.0701. The Morgan fingerprint density at radius 1 is 0.709 bits per heavy atom. The summed E-state index contributed by atoms with van der Waals surface area (Å²) in [5, 5.41) is 5.89. The number of likely N-dealkylation sites (tertiary alicyclic amines) is 2. The first-order chi connectivity index (χ1) is 26.7. The third-order valence-electron chi connectivity index (χ3n) is 10.3. The number of anilines is 2. The van der Waals surface area contributed by atoms with Gasteiger partial charge in [0.1, 0.15) is 36.6 Å². The first-order valence-corrected chi connectivity index (χ1v) is 18.8. The molecule has 1 aromatic carbocycles. The molecule has 3 aliphatic rings. The third kappa shape index (κ3) is 11.3. The van der Waals surface area contributed by atoms with Crippen LogP contribution in [0.25, 0.3) is 0 Å². The minimum atomic E-state index is -0.706. The third-order valence-corrected chi connectivity index (χ3v) is 10.3. The average molecular weight is 759 g/mol. The standard InChI is InChI=1S/C39H50N8O8/c40-33-8-6-27(20-42-33)22-44-36(48)29-10-15-46(16-11-29)38(50)54-25-32-35(53-24-26-4-2-1-3-5-26)31(14-19-52-32)55-39(51)47-17-12-30(13-18-47)37(49)45-23-28-7-9-34(41)43-21-28/h1-9,20-21,29-32,35H,10-19,22-25H2,(H2,40,42)(H2,41,43)(H,44,48)(H,45,49)/t31-,32-,35+/m1/s1. The van der Waals surface area contributed by atoms with E-state index in [0.29, 0.717) is 83.0 Å². The Labute approximate surface area is 320 Å². The molecule has 3 fully saturated rings. The van der Waals surface area contributed by atoms with Crippen molar-refractivity contribution in [3.63, 3.8) is 0 Å². The number of nitrogens with two attached hydrogens (primary N) is 2. The van der Waals surface area contributed by atoms with Crippen LogP contribution in [0.4, 0.5) is 21.2 Å². The van der Waals surface area contributed by atoms with Gasteiger partial charge in [0.25, 0.3) is 0 Å². The van der Waals surface area contributed by atoms with Gasteiger partial charge in [0.2, 0.25) is 11.8 Å². The van der Waals surface area contributed by atoms with Crippen LogP contribution in [-0.4, -0.2) is 101 Å². The van der Waals surface area contributed by atoms with Crippen LogP contribution in [0, 0.1) is 11.8 Å². The number of hydrogen-bond acceptors (Lipinski definition) is 12. The van der Waals surface area contributed by atoms with Crippen molar-refractivity contribution in [2.45, 2.75) is 70.1 Å². The maximum absolute atomic E-state index is 13.4. The minimum Gasteiger partial charge on any atom is -0.447 e. The van der Waals surface area contributed by atoms with Crippen LogP contribution in [0.1, 0.15) is 48.8 Å². The molecule has 55 heavy (non-hydrogen) atoms. The molecule has 3 atom stereocenters. The Bertz CT molecular complexity index is 1720. The first-order valence-electron chi connectivity index (χ1n) is 18.8. The summed E-state index contributed by atoms with van der Waals surface area (Å²) in [6.45, 7) is 2.61. The van der Waals surface area contributed by atoms with Crippen LogP contribution >= 0.6 is 0 Å². The number of aromatic nitrogens is 2. The second kappa shape index (κ2) is 19.2. The van der Waals surface area contributed by atoms with Gasteiger partial charge in [0.05, 0.1) is 13.2 Å². The predicted octanol–water partition coefficient (Wildman–Crippen LogP) is 3.01. The van der Waals surface area contributed by atoms with Crippen LogP contribution in [0.15, 0.2) is 67.0 Å². The van der Waals surface area contributed by atoms with Gasteiger partial charge in [-0.3, -0.25) is 9.59 Å². The Kier molecular flexibility index (Phi) is 13.7. The van der Waals surface area contributed by atoms with Gasteiger partial charge in [0, 0.05) is 69.9 Å². The molecule has 4 amide bonds. The number of pyridine rings is 2. The zero-order valence-electron chi connectivity index (χ0n) is 30.8. The van der Waals surface area contributed by atoms with Gasteiger partial charge in [-0.15, -0.1) is 0 Å². The molecule has 3 saturated heterocycles. The smallest absolute Gasteiger partial charge is 0.410 e. The van der Waals surface area contributed by atoms with Crippen molar-refractivity contribution in [3.05, 3.63) is 83.7 Å². The summed E-state index contributed by atoms with van der Waals surface area (Å²) in [4.78, 5) is 63.6. The molecule has 3 aliphatic heterocycles. The van der Waals surface area contributed by atoms with Gasteiger partial charge in [-0.2, -0.15) is 0 Å². The molecule has 0 radical (unpaired) electrons. The number of piperidine rings is 2. The van der Waals surface area contributed by atoms with Gasteiger partial charge >= 0.3 is 12.2 Å². The van der Waals surface area contributed by atoms with Crippen molar-refractivity contribution in [2.24, 2.45) is 11.8 Å². The Hall–Kier alpha value is -5.48. The maximum atomic E-state index is 13.4. The lowest BCUT2D eigenvalue weighted by Crippen LogP contribution is -2.52. The Morgan fingerprint density at radius 3 is 1.78 bits per heavy atom. The molecule has 6 N–H and O–H groups in total. The molecule has 294 valence electrons. The highest BCUT2D eigenvalue weighted by molar-refractivity contribution is 5.79. The first kappa shape index (κ1) is 39.2. The molecular formula is C39H50N8O8. The molecule has 0 bridgehead atoms. The molecule has 0 spiro atoms. The molecule has 0 unspecified atom stereocenters. The van der Waals surface area contributed by atoms with E-state index in [1.54, 1.807) is 34.3 Å². The Morgan fingerprint density at radius 2 is 1.25 bits per heavy atom. The number of hydrogen-bond donors (Lipinski definition) is 4. The Balaban J connectivity index is 0.973. The van der Waals surface area contributed by atoms with Crippen molar-refractivity contribution < 1.29 is 38.1 Å². The highest BCUT2D eigenvalue weighted by Gasteiger charge is 2.40. The molecule has 3 aromatic rings. The largest absolute Gasteiger partial charge is 0.447 e. The summed E-state index contributed by atoms with van der Waals surface area (Å²) in [5.41, 5.74) is 13.9. The van der Waals surface area contributed by atoms with Gasteiger partial charge in [0.15, 0.2) is 0 Å². The topological polar surface area (TPSA) is 214 Å². The number of ether oxygens (including phenoxy) is 4. The van der Waals surface area contributed by atoms with Crippen molar-refractivity contribution in [2.75, 3.05) is 50.9 Å². The number of rotatable bonds is 12. The van der Waals surface area contributed by atoms with E-state index in [1.165, 1.54) is 0 Å². The molecule has 0 saturated carbocycles. The van der Waals surface area contributed by atoms with Crippen LogP contribution in [-0.2, 0) is 48.2 Å². The maximum Gasteiger partial charge on any atom is 0.410 e. The molecule has 16 nitrogen and oxygen atoms in total. The molecule has 16 heteroatoms. The van der Waals surface area contributed by atoms with E-state index in [-0.39, 0.29) is 43.5 Å². The lowest BCUT2D eigenvalue weighted by Gasteiger charge is -2.39. The van der Waals surface area contributed by atoms with E-state index in [2.05, 4.69) is 20.6 Å². The fraction of sp³-hybridized carbons (Fsp3) is 0.487. The summed E-state index contributed by atoms with van der Waals surface area (Å²) in [6.07, 6.45) is 2.65. The van der Waals surface area contributed by atoms with Gasteiger partial charge in [-0.25, -0.2) is 19.6 Å². The lowest BCUT2D eigenvalue weighted by molar-refractivity contribution is -0.178. The highest BCUT2D eigenvalue weighted by atomic mass is 16.6. The van der Waals surface area contributed by atoms with Crippen molar-refractivity contribution >= 4 is 35.6 Å². The molecular weight excluding hydrogens is 708 g/mol. The summed E-state index contributed by atoms with van der Waals surface area (Å²) in [7, 11) is 0. The number of amides is 4. The predicted molar refractivity (Wildman–Crippen MR) is 201 cm³/mol. The van der Waals surface area contributed by atoms with Crippen LogP contribution in [0.3, 0.4) is 0 Å². The summed E-state index contributed by atoms with van der Waals surface area (Å²) in [6, 6.07) is 16.6. The van der Waals surface area contributed by atoms with E-state index in [0.717, 1.165) is 16.7 Å². The summed E-state index contributed by atoms with van der Waals surface area (Å²) < 4.78 is 24.2. The highest BCUT2D eigenvalue weighted by Crippen LogP contribution is 2.26. The SMILES string of the molecule is Nc1ccc(CNC(=O)C2CCN(C(=O)OC[C@H]3OCC[C@@H](OC(=O)N4CCC(C(=O)NCc5ccc(N)nc5)CC4)[C@@H]3OCc3ccccc3)CC2)cn1. The van der Waals surface area contributed by atoms with Crippen LogP contribution < -0.4 is 22.1 Å². The number of carbonyl (C=O) groups excluding carboxylic acids is 4. The number of carbonyl (C=O) groups is 4. The quantitative estimate of drug-likeness (QED) is 0.210. The normalized spacial score (nSPS) is 20.7. The second-order valence-corrected chi connectivity index (χ2v) is 14.1. The fourth-order valence-corrected chi connectivity index (χ4v) is 6.93. The van der Waals surface area contributed by atoms with Crippen LogP contribution in [0.2, 0.25) is 0 Å². The molecule has 0 aliphatic carbocycles. The number of nitrogens with zero attached hydrogens (tertiary/aromatic N) is 4. The monoisotopic (exact) mass is 758 g/mol. The number of nitrogen functional groups attached to an aromatic ring is 2. The molecule has 5 heterocycles. The van der Waals surface area contributed by atoms with Crippen molar-refractivity contribution in [1.29, 1.82) is 0 Å². The van der Waals surface area contributed by atoms with E-state index < -0.39 is 30.5 Å². The summed E-state index contributed by atoms with van der Waals surface area (Å²) >= 11 is 0.